The van der Waals surface area contributed by atoms with Crippen molar-refractivity contribution in [1.82, 2.24) is 9.97 Å². The van der Waals surface area contributed by atoms with Gasteiger partial charge in [0.05, 0.1) is 11.2 Å². The van der Waals surface area contributed by atoms with Crippen LogP contribution in [-0.4, -0.2) is 28.3 Å². The fraction of sp³-hybridized carbons (Fsp3) is 0.636. The number of hydrogen-bond donors (Lipinski definition) is 0. The van der Waals surface area contributed by atoms with E-state index in [1.807, 2.05) is 33.8 Å². The Kier molecular flexibility index (Phi) is 2.76. The summed E-state index contributed by atoms with van der Waals surface area (Å²) in [4.78, 5) is 8.05. The van der Waals surface area contributed by atoms with Crippen molar-refractivity contribution in [3.63, 3.8) is 0 Å². The molecule has 0 amide bonds. The zero-order valence-corrected chi connectivity index (χ0v) is 10.2. The molecule has 86 valence electrons. The fourth-order valence-electron chi connectivity index (χ4n) is 1.66. The van der Waals surface area contributed by atoms with Crippen molar-refractivity contribution in [2.75, 3.05) is 0 Å². The fourth-order valence-corrected chi connectivity index (χ4v) is 1.66. The number of rotatable bonds is 2. The van der Waals surface area contributed by atoms with Crippen LogP contribution in [0.5, 0.6) is 0 Å². The topological polar surface area (TPSA) is 44.2 Å². The molecule has 0 bridgehead atoms. The molecule has 0 radical (unpaired) electrons. The van der Waals surface area contributed by atoms with E-state index in [1.54, 1.807) is 12.5 Å². The molecule has 2 heterocycles. The van der Waals surface area contributed by atoms with Gasteiger partial charge in [-0.15, -0.1) is 0 Å². The Morgan fingerprint density at radius 2 is 1.81 bits per heavy atom. The summed E-state index contributed by atoms with van der Waals surface area (Å²) in [6, 6.07) is 1.88. The highest BCUT2D eigenvalue weighted by atomic mass is 16.7. The van der Waals surface area contributed by atoms with E-state index in [9.17, 15) is 0 Å². The van der Waals surface area contributed by atoms with E-state index in [-0.39, 0.29) is 18.3 Å². The van der Waals surface area contributed by atoms with E-state index < -0.39 is 0 Å². The predicted molar refractivity (Wildman–Crippen MR) is 61.8 cm³/mol. The molecule has 0 N–H and O–H groups in total. The summed E-state index contributed by atoms with van der Waals surface area (Å²) in [5, 5.41) is 0. The minimum Gasteiger partial charge on any atom is -0.403 e. The molecule has 0 aromatic carbocycles. The summed E-state index contributed by atoms with van der Waals surface area (Å²) in [5.74, 6) is 0. The van der Waals surface area contributed by atoms with E-state index in [0.29, 0.717) is 6.32 Å². The van der Waals surface area contributed by atoms with Crippen LogP contribution in [0.25, 0.3) is 0 Å². The Labute approximate surface area is 96.5 Å². The van der Waals surface area contributed by atoms with Gasteiger partial charge >= 0.3 is 7.12 Å². The summed E-state index contributed by atoms with van der Waals surface area (Å²) >= 11 is 0. The summed E-state index contributed by atoms with van der Waals surface area (Å²) in [5.41, 5.74) is 0.392. The summed E-state index contributed by atoms with van der Waals surface area (Å²) in [7, 11) is -0.222. The summed E-state index contributed by atoms with van der Waals surface area (Å²) in [6.07, 6.45) is 3.93. The van der Waals surface area contributed by atoms with Gasteiger partial charge in [0.1, 0.15) is 6.33 Å². The lowest BCUT2D eigenvalue weighted by Gasteiger charge is -2.32. The third-order valence-corrected chi connectivity index (χ3v) is 3.32. The molecule has 1 aromatic heterocycles. The van der Waals surface area contributed by atoms with Gasteiger partial charge in [-0.25, -0.2) is 9.97 Å². The second kappa shape index (κ2) is 3.82. The Hall–Kier alpha value is -0.935. The van der Waals surface area contributed by atoms with Gasteiger partial charge in [-0.3, -0.25) is 0 Å². The molecule has 0 unspecified atom stereocenters. The second-order valence-corrected chi connectivity index (χ2v) is 5.09. The van der Waals surface area contributed by atoms with Crippen LogP contribution in [0.15, 0.2) is 18.6 Å². The highest BCUT2D eigenvalue weighted by Gasteiger charge is 2.50. The summed E-state index contributed by atoms with van der Waals surface area (Å²) in [6.45, 7) is 8.19. The van der Waals surface area contributed by atoms with Crippen molar-refractivity contribution in [2.45, 2.75) is 45.2 Å². The van der Waals surface area contributed by atoms with Crippen molar-refractivity contribution in [3.05, 3.63) is 24.3 Å². The molecule has 5 heteroatoms. The van der Waals surface area contributed by atoms with Crippen molar-refractivity contribution in [2.24, 2.45) is 0 Å². The van der Waals surface area contributed by atoms with E-state index in [0.717, 1.165) is 5.69 Å². The van der Waals surface area contributed by atoms with Gasteiger partial charge in [0.25, 0.3) is 0 Å². The Balaban J connectivity index is 2.05. The average molecular weight is 220 g/mol. The van der Waals surface area contributed by atoms with E-state index in [1.165, 1.54) is 0 Å². The number of nitrogens with zero attached hydrogens (tertiary/aromatic N) is 2. The quantitative estimate of drug-likeness (QED) is 0.711. The maximum Gasteiger partial charge on any atom is 0.464 e. The third-order valence-electron chi connectivity index (χ3n) is 3.32. The van der Waals surface area contributed by atoms with Gasteiger partial charge in [0.2, 0.25) is 0 Å². The first kappa shape index (κ1) is 11.5. The van der Waals surface area contributed by atoms with Crippen molar-refractivity contribution in [3.8, 4) is 0 Å². The Morgan fingerprint density at radius 3 is 2.31 bits per heavy atom. The molecule has 0 aliphatic carbocycles. The van der Waals surface area contributed by atoms with Crippen LogP contribution in [0.3, 0.4) is 0 Å². The van der Waals surface area contributed by atoms with E-state index in [4.69, 9.17) is 9.31 Å². The maximum atomic E-state index is 5.89. The summed E-state index contributed by atoms with van der Waals surface area (Å²) < 4.78 is 11.8. The number of aromatic nitrogens is 2. The van der Waals surface area contributed by atoms with Crippen molar-refractivity contribution >= 4 is 7.12 Å². The minimum absolute atomic E-state index is 0.222. The Morgan fingerprint density at radius 1 is 1.19 bits per heavy atom. The van der Waals surface area contributed by atoms with Gasteiger partial charge in [0, 0.05) is 18.2 Å². The molecule has 1 aromatic rings. The molecule has 1 aliphatic rings. The molecule has 1 saturated heterocycles. The van der Waals surface area contributed by atoms with Crippen LogP contribution in [0.4, 0.5) is 0 Å². The predicted octanol–water partition coefficient (Wildman–Crippen LogP) is 1.65. The lowest BCUT2D eigenvalue weighted by atomic mass is 9.83. The molecular weight excluding hydrogens is 203 g/mol. The third kappa shape index (κ3) is 2.10. The zero-order chi connectivity index (χ0) is 11.8. The van der Waals surface area contributed by atoms with Gasteiger partial charge < -0.3 is 9.31 Å². The monoisotopic (exact) mass is 220 g/mol. The van der Waals surface area contributed by atoms with Gasteiger partial charge in [-0.05, 0) is 33.8 Å². The molecule has 0 saturated carbocycles. The number of hydrogen-bond acceptors (Lipinski definition) is 4. The van der Waals surface area contributed by atoms with Gasteiger partial charge in [-0.2, -0.15) is 0 Å². The molecule has 0 spiro atoms. The lowest BCUT2D eigenvalue weighted by molar-refractivity contribution is 0.00578. The van der Waals surface area contributed by atoms with Crippen LogP contribution in [0, 0.1) is 0 Å². The van der Waals surface area contributed by atoms with Crippen LogP contribution in [0.2, 0.25) is 0 Å². The lowest BCUT2D eigenvalue weighted by Crippen LogP contribution is -2.41. The molecule has 1 aliphatic heterocycles. The SMILES string of the molecule is CC1(C)OB(Cc2ccncn2)OC1(C)C. The first-order chi connectivity index (χ1) is 7.41. The van der Waals surface area contributed by atoms with Crippen LogP contribution >= 0.6 is 0 Å². The molecule has 0 atom stereocenters. The minimum atomic E-state index is -0.273. The normalized spacial score (nSPS) is 22.4. The van der Waals surface area contributed by atoms with Crippen LogP contribution in [-0.2, 0) is 15.6 Å². The second-order valence-electron chi connectivity index (χ2n) is 5.09. The van der Waals surface area contributed by atoms with E-state index >= 15 is 0 Å². The highest BCUT2D eigenvalue weighted by molar-refractivity contribution is 6.44. The Bertz CT molecular complexity index is 352. The molecular formula is C11H17BN2O2. The first-order valence-electron chi connectivity index (χ1n) is 5.51. The average Bonchev–Trinajstić information content (AvgIpc) is 2.36. The molecule has 1 fully saturated rings. The van der Waals surface area contributed by atoms with Crippen molar-refractivity contribution < 1.29 is 9.31 Å². The van der Waals surface area contributed by atoms with Crippen LogP contribution < -0.4 is 0 Å². The van der Waals surface area contributed by atoms with Crippen LogP contribution in [0.1, 0.15) is 33.4 Å². The zero-order valence-electron chi connectivity index (χ0n) is 10.2. The molecule has 16 heavy (non-hydrogen) atoms. The maximum absolute atomic E-state index is 5.89. The molecule has 4 nitrogen and oxygen atoms in total. The highest BCUT2D eigenvalue weighted by Crippen LogP contribution is 2.37. The first-order valence-corrected chi connectivity index (χ1v) is 5.51. The van der Waals surface area contributed by atoms with E-state index in [2.05, 4.69) is 9.97 Å². The van der Waals surface area contributed by atoms with Crippen molar-refractivity contribution in [1.29, 1.82) is 0 Å². The van der Waals surface area contributed by atoms with Gasteiger partial charge in [0.15, 0.2) is 0 Å². The smallest absolute Gasteiger partial charge is 0.403 e. The van der Waals surface area contributed by atoms with Gasteiger partial charge in [-0.1, -0.05) is 0 Å². The molecule has 2 rings (SSSR count). The standard InChI is InChI=1S/C11H17BN2O2/c1-10(2)11(3,4)16-12(15-10)7-9-5-6-13-8-14-9/h5-6,8H,7H2,1-4H3. The largest absolute Gasteiger partial charge is 0.464 e.